The number of hydrogen-bond acceptors (Lipinski definition) is 6. The largest absolute Gasteiger partial charge is 0.497 e. The van der Waals surface area contributed by atoms with Crippen molar-refractivity contribution >= 4 is 11.6 Å². The van der Waals surface area contributed by atoms with Gasteiger partial charge in [0.2, 0.25) is 5.91 Å². The van der Waals surface area contributed by atoms with Crippen LogP contribution in [0.5, 0.6) is 5.75 Å². The summed E-state index contributed by atoms with van der Waals surface area (Å²) in [6, 6.07) is 8.72. The highest BCUT2D eigenvalue weighted by Gasteiger charge is 2.21. The molecule has 2 heterocycles. The number of imidazole rings is 1. The number of aromatic nitrogens is 3. The first kappa shape index (κ1) is 19.8. The maximum Gasteiger partial charge on any atom is 0.285 e. The fourth-order valence-electron chi connectivity index (χ4n) is 2.86. The van der Waals surface area contributed by atoms with Gasteiger partial charge in [-0.1, -0.05) is 12.1 Å². The van der Waals surface area contributed by atoms with Crippen LogP contribution in [0.1, 0.15) is 17.4 Å². The van der Waals surface area contributed by atoms with Gasteiger partial charge in [-0.2, -0.15) is 0 Å². The van der Waals surface area contributed by atoms with Crippen molar-refractivity contribution in [1.29, 1.82) is 0 Å². The minimum Gasteiger partial charge on any atom is -0.497 e. The zero-order chi connectivity index (χ0) is 21.0. The van der Waals surface area contributed by atoms with Gasteiger partial charge in [-0.05, 0) is 17.7 Å². The molecular weight excluding hydrogens is 378 g/mol. The molecule has 1 N–H and O–H groups in total. The van der Waals surface area contributed by atoms with Crippen LogP contribution in [-0.4, -0.2) is 32.1 Å². The molecule has 1 aromatic carbocycles. The summed E-state index contributed by atoms with van der Waals surface area (Å²) in [5.41, 5.74) is -0.0169. The van der Waals surface area contributed by atoms with Crippen molar-refractivity contribution in [1.82, 2.24) is 19.4 Å². The van der Waals surface area contributed by atoms with Crippen molar-refractivity contribution < 1.29 is 14.5 Å². The van der Waals surface area contributed by atoms with Crippen LogP contribution in [0.25, 0.3) is 0 Å². The number of amides is 1. The molecule has 0 saturated heterocycles. The number of benzene rings is 1. The summed E-state index contributed by atoms with van der Waals surface area (Å²) < 4.78 is 7.94. The normalized spacial score (nSPS) is 11.7. The van der Waals surface area contributed by atoms with Crippen LogP contribution < -0.4 is 15.6 Å². The summed E-state index contributed by atoms with van der Waals surface area (Å²) in [5, 5.41) is 13.8. The van der Waals surface area contributed by atoms with Crippen molar-refractivity contribution in [2.45, 2.75) is 12.6 Å². The highest BCUT2D eigenvalue weighted by Crippen LogP contribution is 2.23. The fourth-order valence-corrected chi connectivity index (χ4v) is 2.86. The molecule has 3 aromatic rings. The monoisotopic (exact) mass is 397 g/mol. The number of carbonyl (C=O) groups excluding carboxylic acids is 1. The second-order valence-corrected chi connectivity index (χ2v) is 6.28. The van der Waals surface area contributed by atoms with Crippen LogP contribution >= 0.6 is 0 Å². The van der Waals surface area contributed by atoms with Crippen LogP contribution in [0.4, 0.5) is 5.69 Å². The lowest BCUT2D eigenvalue weighted by Crippen LogP contribution is -2.36. The van der Waals surface area contributed by atoms with Gasteiger partial charge in [0.25, 0.3) is 11.2 Å². The average Bonchev–Trinajstić information content (AvgIpc) is 3.13. The molecule has 0 aliphatic rings. The van der Waals surface area contributed by atoms with Gasteiger partial charge >= 0.3 is 0 Å². The van der Waals surface area contributed by atoms with E-state index in [0.717, 1.165) is 28.5 Å². The number of ether oxygens (including phenoxy) is 1. The highest BCUT2D eigenvalue weighted by molar-refractivity contribution is 5.76. The van der Waals surface area contributed by atoms with Crippen LogP contribution in [0, 0.1) is 10.1 Å². The van der Waals surface area contributed by atoms with E-state index >= 15 is 0 Å². The van der Waals surface area contributed by atoms with Gasteiger partial charge in [0.05, 0.1) is 18.2 Å². The summed E-state index contributed by atoms with van der Waals surface area (Å²) in [6.07, 6.45) is 4.41. The third-order valence-corrected chi connectivity index (χ3v) is 4.36. The smallest absolute Gasteiger partial charge is 0.285 e. The van der Waals surface area contributed by atoms with Gasteiger partial charge < -0.3 is 14.6 Å². The predicted octanol–water partition coefficient (Wildman–Crippen LogP) is 1.40. The van der Waals surface area contributed by atoms with E-state index in [9.17, 15) is 19.7 Å². The molecule has 3 rings (SSSR count). The van der Waals surface area contributed by atoms with E-state index in [1.54, 1.807) is 55.4 Å². The zero-order valence-electron chi connectivity index (χ0n) is 15.8. The van der Waals surface area contributed by atoms with E-state index in [-0.39, 0.29) is 12.2 Å². The number of pyridine rings is 1. The van der Waals surface area contributed by atoms with Crippen molar-refractivity contribution in [2.24, 2.45) is 7.05 Å². The Labute approximate surface area is 165 Å². The Morgan fingerprint density at radius 3 is 2.59 bits per heavy atom. The number of aryl methyl sites for hydroxylation is 1. The van der Waals surface area contributed by atoms with E-state index in [1.165, 1.54) is 0 Å². The van der Waals surface area contributed by atoms with Gasteiger partial charge in [-0.25, -0.2) is 4.98 Å². The lowest BCUT2D eigenvalue weighted by atomic mass is 10.1. The summed E-state index contributed by atoms with van der Waals surface area (Å²) in [7, 11) is 3.36. The van der Waals surface area contributed by atoms with Crippen molar-refractivity contribution in [3.05, 3.63) is 86.8 Å². The van der Waals surface area contributed by atoms with Crippen molar-refractivity contribution in [3.8, 4) is 5.75 Å². The molecule has 0 spiro atoms. The van der Waals surface area contributed by atoms with E-state index in [4.69, 9.17) is 4.74 Å². The maximum absolute atomic E-state index is 12.7. The first-order chi connectivity index (χ1) is 13.9. The number of nitrogens with one attached hydrogen (secondary N) is 1. The fraction of sp³-hybridized carbons (Fsp3) is 0.211. The molecule has 0 bridgehead atoms. The Morgan fingerprint density at radius 1 is 1.28 bits per heavy atom. The summed E-state index contributed by atoms with van der Waals surface area (Å²) in [4.78, 5) is 39.2. The van der Waals surface area contributed by atoms with Gasteiger partial charge in [0, 0.05) is 31.6 Å². The first-order valence-electron chi connectivity index (χ1n) is 8.64. The van der Waals surface area contributed by atoms with Crippen LogP contribution in [0.2, 0.25) is 0 Å². The highest BCUT2D eigenvalue weighted by atomic mass is 16.6. The number of methoxy groups -OCH3 is 1. The van der Waals surface area contributed by atoms with Crippen molar-refractivity contribution in [2.75, 3.05) is 7.11 Å². The molecule has 1 atom stereocenters. The second kappa shape index (κ2) is 8.38. The van der Waals surface area contributed by atoms with Gasteiger partial charge in [0.1, 0.15) is 24.2 Å². The lowest BCUT2D eigenvalue weighted by molar-refractivity contribution is -0.385. The van der Waals surface area contributed by atoms with Gasteiger partial charge in [-0.15, -0.1) is 0 Å². The summed E-state index contributed by atoms with van der Waals surface area (Å²) in [5.74, 6) is 0.771. The van der Waals surface area contributed by atoms with Gasteiger partial charge in [-0.3, -0.25) is 24.3 Å². The second-order valence-electron chi connectivity index (χ2n) is 6.28. The standard InChI is InChI=1S/C19H19N5O5/c1-22-10-9-20-19(22)18(13-3-6-15(29-2)7-4-13)21-16(25)12-23-11-14(24(27)28)5-8-17(23)26/h3-11,18H,12H2,1-2H3,(H,21,25). The molecule has 1 amide bonds. The maximum atomic E-state index is 12.7. The number of carbonyl (C=O) groups is 1. The van der Waals surface area contributed by atoms with E-state index in [2.05, 4.69) is 10.3 Å². The quantitative estimate of drug-likeness (QED) is 0.475. The number of hydrogen-bond donors (Lipinski definition) is 1. The Hall–Kier alpha value is -3.95. The molecule has 29 heavy (non-hydrogen) atoms. The molecule has 0 fully saturated rings. The number of rotatable bonds is 7. The molecule has 10 nitrogen and oxygen atoms in total. The molecule has 0 radical (unpaired) electrons. The molecule has 0 aliphatic heterocycles. The number of nitro groups is 1. The Bertz CT molecular complexity index is 1090. The van der Waals surface area contributed by atoms with E-state index in [0.29, 0.717) is 11.6 Å². The van der Waals surface area contributed by atoms with Crippen molar-refractivity contribution in [3.63, 3.8) is 0 Å². The first-order valence-corrected chi connectivity index (χ1v) is 8.64. The van der Waals surface area contributed by atoms with E-state index < -0.39 is 22.4 Å². The third-order valence-electron chi connectivity index (χ3n) is 4.36. The molecule has 10 heteroatoms. The summed E-state index contributed by atoms with van der Waals surface area (Å²) >= 11 is 0. The SMILES string of the molecule is COc1ccc(C(NC(=O)Cn2cc([N+](=O)[O-])ccc2=O)c2nccn2C)cc1. The number of nitrogens with zero attached hydrogens (tertiary/aromatic N) is 4. The molecular formula is C19H19N5O5. The van der Waals surface area contributed by atoms with E-state index in [1.807, 2.05) is 0 Å². The Morgan fingerprint density at radius 2 is 2.00 bits per heavy atom. The van der Waals surface area contributed by atoms with Gasteiger partial charge in [0.15, 0.2) is 0 Å². The molecule has 0 aliphatic carbocycles. The topological polar surface area (TPSA) is 121 Å². The van der Waals surface area contributed by atoms with Crippen LogP contribution in [0.3, 0.4) is 0 Å². The zero-order valence-corrected chi connectivity index (χ0v) is 15.8. The lowest BCUT2D eigenvalue weighted by Gasteiger charge is -2.20. The predicted molar refractivity (Wildman–Crippen MR) is 104 cm³/mol. The summed E-state index contributed by atoms with van der Waals surface area (Å²) in [6.45, 7) is -0.364. The Kier molecular flexibility index (Phi) is 5.72. The molecule has 0 saturated carbocycles. The minimum atomic E-state index is -0.623. The van der Waals surface area contributed by atoms with Crippen LogP contribution in [0.15, 0.2) is 59.8 Å². The van der Waals surface area contributed by atoms with Crippen LogP contribution in [-0.2, 0) is 18.4 Å². The molecule has 1 unspecified atom stereocenters. The average molecular weight is 397 g/mol. The third kappa shape index (κ3) is 4.49. The molecule has 2 aromatic heterocycles. The minimum absolute atomic E-state index is 0.270. The molecule has 150 valence electrons. The Balaban J connectivity index is 1.87.